The van der Waals surface area contributed by atoms with Gasteiger partial charge in [-0.25, -0.2) is 0 Å². The Balaban J connectivity index is 1.40. The molecule has 3 aromatic rings. The average molecular weight is 380 g/mol. The molecule has 3 aromatic carbocycles. The molecule has 1 aliphatic carbocycles. The third kappa shape index (κ3) is 3.33. The molecule has 0 saturated heterocycles. The number of aliphatic imine (C=N–C) groups is 1. The summed E-state index contributed by atoms with van der Waals surface area (Å²) >= 11 is 0. The second-order valence-corrected chi connectivity index (χ2v) is 7.97. The molecular weight excluding hydrogens is 356 g/mol. The maximum Gasteiger partial charge on any atom is 0.124 e. The Morgan fingerprint density at radius 1 is 1.03 bits per heavy atom. The summed E-state index contributed by atoms with van der Waals surface area (Å²) in [5, 5.41) is 13.7. The van der Waals surface area contributed by atoms with Gasteiger partial charge in [0.05, 0.1) is 11.7 Å². The second kappa shape index (κ2) is 7.25. The van der Waals surface area contributed by atoms with Gasteiger partial charge in [0.1, 0.15) is 5.75 Å². The molecule has 1 aliphatic heterocycles. The molecule has 0 saturated carbocycles. The zero-order valence-corrected chi connectivity index (χ0v) is 16.4. The third-order valence-electron chi connectivity index (χ3n) is 6.06. The molecule has 0 unspecified atom stereocenters. The Bertz CT molecular complexity index is 1100. The van der Waals surface area contributed by atoms with E-state index in [1.165, 1.54) is 22.4 Å². The van der Waals surface area contributed by atoms with Gasteiger partial charge in [0.25, 0.3) is 0 Å². The van der Waals surface area contributed by atoms with Gasteiger partial charge in [-0.05, 0) is 60.7 Å². The van der Waals surface area contributed by atoms with Crippen LogP contribution >= 0.6 is 0 Å². The molecular formula is C26H24N2O. The molecule has 29 heavy (non-hydrogen) atoms. The van der Waals surface area contributed by atoms with Crippen LogP contribution in [-0.2, 0) is 0 Å². The molecule has 3 nitrogen and oxygen atoms in total. The molecule has 0 amide bonds. The van der Waals surface area contributed by atoms with E-state index in [1.807, 2.05) is 18.2 Å². The molecule has 3 heteroatoms. The maximum atomic E-state index is 9.88. The molecule has 0 radical (unpaired) electrons. The minimum atomic E-state index is 0.243. The van der Waals surface area contributed by atoms with Crippen LogP contribution in [0.2, 0.25) is 0 Å². The topological polar surface area (TPSA) is 44.6 Å². The lowest BCUT2D eigenvalue weighted by Crippen LogP contribution is -2.29. The summed E-state index contributed by atoms with van der Waals surface area (Å²) in [5.41, 5.74) is 6.87. The summed E-state index contributed by atoms with van der Waals surface area (Å²) in [7, 11) is 0. The van der Waals surface area contributed by atoms with Gasteiger partial charge >= 0.3 is 0 Å². The number of aryl methyl sites for hydroxylation is 1. The van der Waals surface area contributed by atoms with E-state index < -0.39 is 0 Å². The number of allylic oxidation sites excluding steroid dienone is 2. The third-order valence-corrected chi connectivity index (χ3v) is 6.06. The molecule has 1 heterocycles. The molecule has 0 spiro atoms. The summed E-state index contributed by atoms with van der Waals surface area (Å²) in [5.74, 6) is 1.27. The van der Waals surface area contributed by atoms with Crippen LogP contribution in [0.5, 0.6) is 5.75 Å². The molecule has 3 atom stereocenters. The van der Waals surface area contributed by atoms with Gasteiger partial charge in [0.2, 0.25) is 0 Å². The Hall–Kier alpha value is -3.33. The molecule has 2 aliphatic rings. The van der Waals surface area contributed by atoms with Gasteiger partial charge in [0.15, 0.2) is 0 Å². The minimum Gasteiger partial charge on any atom is -0.507 e. The van der Waals surface area contributed by atoms with E-state index in [-0.39, 0.29) is 5.75 Å². The monoisotopic (exact) mass is 380 g/mol. The molecule has 0 fully saturated rings. The Labute approximate surface area is 171 Å². The normalized spacial score (nSPS) is 22.3. The van der Waals surface area contributed by atoms with Gasteiger partial charge in [-0.3, -0.25) is 4.99 Å². The molecule has 5 rings (SSSR count). The van der Waals surface area contributed by atoms with Crippen LogP contribution in [0.3, 0.4) is 0 Å². The first kappa shape index (κ1) is 17.7. The van der Waals surface area contributed by atoms with Gasteiger partial charge in [-0.2, -0.15) is 0 Å². The summed E-state index contributed by atoms with van der Waals surface area (Å²) in [6, 6.07) is 22.7. The van der Waals surface area contributed by atoms with Crippen molar-refractivity contribution in [3.05, 3.63) is 101 Å². The predicted octanol–water partition coefficient (Wildman–Crippen LogP) is 6.28. The van der Waals surface area contributed by atoms with E-state index in [0.29, 0.717) is 17.9 Å². The van der Waals surface area contributed by atoms with E-state index in [2.05, 4.69) is 71.8 Å². The highest BCUT2D eigenvalue weighted by molar-refractivity contribution is 5.85. The molecule has 0 bridgehead atoms. The van der Waals surface area contributed by atoms with Gasteiger partial charge in [-0.15, -0.1) is 0 Å². The highest BCUT2D eigenvalue weighted by atomic mass is 16.3. The lowest BCUT2D eigenvalue weighted by Gasteiger charge is -2.37. The quantitative estimate of drug-likeness (QED) is 0.415. The largest absolute Gasteiger partial charge is 0.507 e. The lowest BCUT2D eigenvalue weighted by molar-refractivity contribution is 0.425. The Kier molecular flexibility index (Phi) is 4.44. The van der Waals surface area contributed by atoms with Crippen LogP contribution in [0.15, 0.2) is 83.9 Å². The SMILES string of the molecule is Cc1ccc2c(c1)[C@@H]1C=CC[C@@H]1[C@H](c1ccc(N=Cc3ccccc3O)cc1)N2. The van der Waals surface area contributed by atoms with Crippen molar-refractivity contribution in [3.63, 3.8) is 0 Å². The maximum absolute atomic E-state index is 9.88. The zero-order valence-electron chi connectivity index (χ0n) is 16.4. The molecule has 2 N–H and O–H groups in total. The molecule has 0 aromatic heterocycles. The van der Waals surface area contributed by atoms with E-state index in [4.69, 9.17) is 0 Å². The number of benzene rings is 3. The number of aromatic hydroxyl groups is 1. The van der Waals surface area contributed by atoms with Crippen molar-refractivity contribution in [1.82, 2.24) is 0 Å². The van der Waals surface area contributed by atoms with Crippen molar-refractivity contribution >= 4 is 17.6 Å². The number of fused-ring (bicyclic) bond motifs is 3. The van der Waals surface area contributed by atoms with Crippen LogP contribution in [0.25, 0.3) is 0 Å². The Morgan fingerprint density at radius 3 is 2.69 bits per heavy atom. The van der Waals surface area contributed by atoms with Crippen molar-refractivity contribution in [2.45, 2.75) is 25.3 Å². The fourth-order valence-electron chi connectivity index (χ4n) is 4.55. The smallest absolute Gasteiger partial charge is 0.124 e. The summed E-state index contributed by atoms with van der Waals surface area (Å²) in [6.45, 7) is 2.16. The van der Waals surface area contributed by atoms with Gasteiger partial charge in [-0.1, -0.05) is 54.1 Å². The average Bonchev–Trinajstić information content (AvgIpc) is 3.23. The van der Waals surface area contributed by atoms with Crippen LogP contribution in [-0.4, -0.2) is 11.3 Å². The first-order chi connectivity index (χ1) is 14.2. The number of hydrogen-bond donors (Lipinski definition) is 2. The number of phenols is 1. The number of hydrogen-bond acceptors (Lipinski definition) is 3. The minimum absolute atomic E-state index is 0.243. The first-order valence-electron chi connectivity index (χ1n) is 10.1. The van der Waals surface area contributed by atoms with Crippen molar-refractivity contribution in [1.29, 1.82) is 0 Å². The predicted molar refractivity (Wildman–Crippen MR) is 119 cm³/mol. The molecule has 144 valence electrons. The van der Waals surface area contributed by atoms with Crippen molar-refractivity contribution < 1.29 is 5.11 Å². The Morgan fingerprint density at radius 2 is 1.86 bits per heavy atom. The van der Waals surface area contributed by atoms with Crippen molar-refractivity contribution in [3.8, 4) is 5.75 Å². The van der Waals surface area contributed by atoms with E-state index in [1.54, 1.807) is 12.3 Å². The van der Waals surface area contributed by atoms with Crippen LogP contribution in [0.4, 0.5) is 11.4 Å². The number of nitrogens with one attached hydrogen (secondary N) is 1. The number of nitrogens with zero attached hydrogens (tertiary/aromatic N) is 1. The standard InChI is InChI=1S/C26H24N2O/c1-17-9-14-24-23(15-17)21-6-4-7-22(21)26(28-24)18-10-12-20(13-11-18)27-16-19-5-2-3-8-25(19)29/h2-6,8-16,21-22,26,28-29H,7H2,1H3/t21-,22+,26+/m1/s1. The zero-order chi connectivity index (χ0) is 19.8. The second-order valence-electron chi connectivity index (χ2n) is 7.97. The van der Waals surface area contributed by atoms with Crippen molar-refractivity contribution in [2.75, 3.05) is 5.32 Å². The number of phenolic OH excluding ortho intramolecular Hbond substituents is 1. The van der Waals surface area contributed by atoms with E-state index in [9.17, 15) is 5.11 Å². The summed E-state index contributed by atoms with van der Waals surface area (Å²) < 4.78 is 0. The van der Waals surface area contributed by atoms with Crippen LogP contribution < -0.4 is 5.32 Å². The fourth-order valence-corrected chi connectivity index (χ4v) is 4.55. The number of anilines is 1. The summed E-state index contributed by atoms with van der Waals surface area (Å²) in [4.78, 5) is 4.52. The van der Waals surface area contributed by atoms with E-state index in [0.717, 1.165) is 17.7 Å². The van der Waals surface area contributed by atoms with Crippen LogP contribution in [0, 0.1) is 12.8 Å². The highest BCUT2D eigenvalue weighted by Crippen LogP contribution is 2.50. The van der Waals surface area contributed by atoms with Crippen molar-refractivity contribution in [2.24, 2.45) is 10.9 Å². The van der Waals surface area contributed by atoms with Gasteiger partial charge < -0.3 is 10.4 Å². The summed E-state index contributed by atoms with van der Waals surface area (Å²) in [6.07, 6.45) is 7.51. The first-order valence-corrected chi connectivity index (χ1v) is 10.1. The highest BCUT2D eigenvalue weighted by Gasteiger charge is 2.37. The number of rotatable bonds is 3. The van der Waals surface area contributed by atoms with E-state index >= 15 is 0 Å². The lowest BCUT2D eigenvalue weighted by atomic mass is 9.76. The number of para-hydroxylation sites is 1. The van der Waals surface area contributed by atoms with Crippen LogP contribution in [0.1, 0.15) is 40.6 Å². The van der Waals surface area contributed by atoms with Gasteiger partial charge in [0, 0.05) is 23.4 Å². The fraction of sp³-hybridized carbons (Fsp3) is 0.192.